The number of aromatic nitrogens is 1. The SMILES string of the molecule is Cc1c(O)c(=O)ccn1C.[BiH3]. The number of pyridine rings is 1. The molecule has 1 aromatic rings. The van der Waals surface area contributed by atoms with Gasteiger partial charge in [0.05, 0.1) is 5.69 Å². The zero-order chi connectivity index (χ0) is 7.72. The predicted molar refractivity (Wildman–Crippen MR) is 48.0 cm³/mol. The van der Waals surface area contributed by atoms with Gasteiger partial charge in [-0.25, -0.2) is 0 Å². The van der Waals surface area contributed by atoms with E-state index in [2.05, 4.69) is 0 Å². The molecule has 0 saturated heterocycles. The number of aromatic hydroxyl groups is 1. The van der Waals surface area contributed by atoms with Crippen LogP contribution in [-0.2, 0) is 7.05 Å². The minimum atomic E-state index is -0.324. The molecule has 1 N–H and O–H groups in total. The molecule has 0 radical (unpaired) electrons. The Morgan fingerprint density at radius 2 is 2.09 bits per heavy atom. The molecule has 0 saturated carbocycles. The van der Waals surface area contributed by atoms with Gasteiger partial charge in [0.25, 0.3) is 0 Å². The van der Waals surface area contributed by atoms with E-state index >= 15 is 0 Å². The minimum absolute atomic E-state index is 0. The van der Waals surface area contributed by atoms with Gasteiger partial charge >= 0.3 is 26.2 Å². The first-order chi connectivity index (χ1) is 4.63. The number of hydrogen-bond donors (Lipinski definition) is 1. The third-order valence-electron chi connectivity index (χ3n) is 1.55. The first-order valence-corrected chi connectivity index (χ1v) is 2.98. The molecule has 1 aromatic heterocycles. The average molecular weight is 351 g/mol. The Hall–Kier alpha value is -0.367. The Morgan fingerprint density at radius 3 is 2.55 bits per heavy atom. The van der Waals surface area contributed by atoms with Crippen LogP contribution in [0.1, 0.15) is 5.69 Å². The second-order valence-electron chi connectivity index (χ2n) is 2.22. The van der Waals surface area contributed by atoms with Crippen LogP contribution in [-0.4, -0.2) is 35.9 Å². The molecule has 1 heterocycles. The fourth-order valence-electron chi connectivity index (χ4n) is 0.716. The maximum absolute atomic E-state index is 10.7. The molecule has 0 unspecified atom stereocenters. The Morgan fingerprint density at radius 1 is 1.55 bits per heavy atom. The first kappa shape index (κ1) is 10.6. The molecule has 0 aliphatic carbocycles. The molecule has 0 aliphatic heterocycles. The molecular weight excluding hydrogens is 339 g/mol. The van der Waals surface area contributed by atoms with Crippen LogP contribution in [0.25, 0.3) is 0 Å². The van der Waals surface area contributed by atoms with E-state index in [-0.39, 0.29) is 37.4 Å². The second-order valence-corrected chi connectivity index (χ2v) is 2.22. The zero-order valence-corrected chi connectivity index (χ0v) is 12.2. The molecule has 0 fully saturated rings. The molecule has 0 aromatic carbocycles. The van der Waals surface area contributed by atoms with Gasteiger partial charge in [-0.1, -0.05) is 0 Å². The molecule has 0 spiro atoms. The van der Waals surface area contributed by atoms with Crippen LogP contribution < -0.4 is 5.43 Å². The fourth-order valence-corrected chi connectivity index (χ4v) is 0.716. The van der Waals surface area contributed by atoms with Gasteiger partial charge in [-0.15, -0.1) is 0 Å². The van der Waals surface area contributed by atoms with Crippen molar-refractivity contribution in [2.75, 3.05) is 0 Å². The summed E-state index contributed by atoms with van der Waals surface area (Å²) in [6.07, 6.45) is 1.62. The molecule has 11 heavy (non-hydrogen) atoms. The van der Waals surface area contributed by atoms with Gasteiger partial charge in [-0.05, 0) is 6.92 Å². The van der Waals surface area contributed by atoms with Crippen molar-refractivity contribution in [3.63, 3.8) is 0 Å². The van der Waals surface area contributed by atoms with Crippen LogP contribution >= 0.6 is 0 Å². The van der Waals surface area contributed by atoms with E-state index in [4.69, 9.17) is 5.11 Å². The van der Waals surface area contributed by atoms with Crippen molar-refractivity contribution in [1.82, 2.24) is 4.57 Å². The van der Waals surface area contributed by atoms with Gasteiger partial charge < -0.3 is 9.67 Å². The number of rotatable bonds is 0. The van der Waals surface area contributed by atoms with Crippen LogP contribution in [0, 0.1) is 6.92 Å². The van der Waals surface area contributed by atoms with Gasteiger partial charge in [0, 0.05) is 19.3 Å². The van der Waals surface area contributed by atoms with Crippen molar-refractivity contribution in [2.45, 2.75) is 6.92 Å². The Kier molecular flexibility index (Phi) is 3.73. The fraction of sp³-hybridized carbons (Fsp3) is 0.286. The maximum atomic E-state index is 10.7. The van der Waals surface area contributed by atoms with Crippen molar-refractivity contribution in [3.05, 3.63) is 28.2 Å². The first-order valence-electron chi connectivity index (χ1n) is 2.98. The molecular formula is C7H12BiNO2. The molecule has 0 bridgehead atoms. The quantitative estimate of drug-likeness (QED) is 0.623. The molecule has 1 rings (SSSR count). The summed E-state index contributed by atoms with van der Waals surface area (Å²) in [4.78, 5) is 10.7. The van der Waals surface area contributed by atoms with Gasteiger partial charge in [0.15, 0.2) is 5.75 Å². The summed E-state index contributed by atoms with van der Waals surface area (Å²) in [5, 5.41) is 9.05. The molecule has 3 nitrogen and oxygen atoms in total. The predicted octanol–water partition coefficient (Wildman–Crippen LogP) is -0.785. The van der Waals surface area contributed by atoms with Gasteiger partial charge in [0.1, 0.15) is 0 Å². The van der Waals surface area contributed by atoms with Crippen LogP contribution in [0.2, 0.25) is 0 Å². The van der Waals surface area contributed by atoms with Gasteiger partial charge in [-0.3, -0.25) is 4.79 Å². The number of nitrogens with zero attached hydrogens (tertiary/aromatic N) is 1. The van der Waals surface area contributed by atoms with Crippen molar-refractivity contribution in [3.8, 4) is 5.75 Å². The molecule has 0 aliphatic rings. The average Bonchev–Trinajstić information content (AvgIpc) is 1.93. The summed E-state index contributed by atoms with van der Waals surface area (Å²) in [6.45, 7) is 1.69. The normalized spacial score (nSPS) is 8.91. The van der Waals surface area contributed by atoms with Crippen molar-refractivity contribution >= 4 is 26.2 Å². The van der Waals surface area contributed by atoms with E-state index in [0.29, 0.717) is 5.69 Å². The summed E-state index contributed by atoms with van der Waals surface area (Å²) in [5.41, 5.74) is 0.267. The standard InChI is InChI=1S/C7H9NO2.Bi.3H/c1-5-7(10)6(9)3-4-8(5)2;;;;/h3-4,10H,1-2H3;;;;. The summed E-state index contributed by atoms with van der Waals surface area (Å²) in [7, 11) is 1.77. The van der Waals surface area contributed by atoms with Crippen LogP contribution in [0.15, 0.2) is 17.1 Å². The van der Waals surface area contributed by atoms with E-state index in [1.165, 1.54) is 6.07 Å². The molecule has 62 valence electrons. The van der Waals surface area contributed by atoms with E-state index in [1.54, 1.807) is 24.7 Å². The second kappa shape index (κ2) is 3.86. The van der Waals surface area contributed by atoms with Crippen molar-refractivity contribution in [1.29, 1.82) is 0 Å². The van der Waals surface area contributed by atoms with Gasteiger partial charge in [-0.2, -0.15) is 0 Å². The topological polar surface area (TPSA) is 42.2 Å². The third-order valence-corrected chi connectivity index (χ3v) is 1.55. The van der Waals surface area contributed by atoms with E-state index in [9.17, 15) is 4.79 Å². The molecule has 4 heteroatoms. The number of hydrogen-bond acceptors (Lipinski definition) is 2. The monoisotopic (exact) mass is 351 g/mol. The van der Waals surface area contributed by atoms with E-state index in [0.717, 1.165) is 0 Å². The van der Waals surface area contributed by atoms with Crippen LogP contribution in [0.3, 0.4) is 0 Å². The summed E-state index contributed by atoms with van der Waals surface area (Å²) >= 11 is 0. The zero-order valence-electron chi connectivity index (χ0n) is 6.66. The molecule has 0 atom stereocenters. The summed E-state index contributed by atoms with van der Waals surface area (Å²) in [5.74, 6) is -0.162. The van der Waals surface area contributed by atoms with Crippen LogP contribution in [0.4, 0.5) is 0 Å². The van der Waals surface area contributed by atoms with Crippen molar-refractivity contribution in [2.24, 2.45) is 7.05 Å². The van der Waals surface area contributed by atoms with Crippen molar-refractivity contribution < 1.29 is 5.11 Å². The van der Waals surface area contributed by atoms with Gasteiger partial charge in [0.2, 0.25) is 5.43 Å². The Balaban J connectivity index is 0.000001000. The Labute approximate surface area is 83.8 Å². The number of aryl methyl sites for hydroxylation is 1. The van der Waals surface area contributed by atoms with Crippen LogP contribution in [0.5, 0.6) is 5.75 Å². The molecule has 0 amide bonds. The summed E-state index contributed by atoms with van der Waals surface area (Å²) < 4.78 is 1.69. The van der Waals surface area contributed by atoms with E-state index < -0.39 is 0 Å². The summed E-state index contributed by atoms with van der Waals surface area (Å²) in [6, 6.07) is 1.34. The Bertz CT molecular complexity index is 306. The van der Waals surface area contributed by atoms with E-state index in [1.807, 2.05) is 0 Å². The third kappa shape index (κ3) is 2.03.